The van der Waals surface area contributed by atoms with Crippen LogP contribution in [0.3, 0.4) is 0 Å². The van der Waals surface area contributed by atoms with E-state index in [2.05, 4.69) is 38.1 Å². The van der Waals surface area contributed by atoms with Crippen molar-refractivity contribution in [1.29, 1.82) is 0 Å². The van der Waals surface area contributed by atoms with E-state index in [0.717, 1.165) is 0 Å². The van der Waals surface area contributed by atoms with Crippen LogP contribution in [0, 0.1) is 13.8 Å². The van der Waals surface area contributed by atoms with Crippen LogP contribution in [0.5, 0.6) is 0 Å². The normalized spacial score (nSPS) is 13.5. The first-order chi connectivity index (χ1) is 7.24. The van der Waals surface area contributed by atoms with E-state index in [1.165, 1.54) is 30.7 Å². The molecule has 76 valence electrons. The van der Waals surface area contributed by atoms with Crippen molar-refractivity contribution in [3.8, 4) is 10.4 Å². The van der Waals surface area contributed by atoms with E-state index < -0.39 is 0 Å². The minimum absolute atomic E-state index is 1.35. The second-order valence-electron chi connectivity index (χ2n) is 3.72. The summed E-state index contributed by atoms with van der Waals surface area (Å²) in [5.74, 6) is 0. The van der Waals surface area contributed by atoms with Crippen LogP contribution in [0.15, 0.2) is 34.1 Å². The zero-order valence-corrected chi connectivity index (χ0v) is 11.0. The number of hydrogen-bond acceptors (Lipinski definition) is 3. The third-order valence-corrected chi connectivity index (χ3v) is 6.07. The number of rotatable bonds is 0. The van der Waals surface area contributed by atoms with Gasteiger partial charge in [0.1, 0.15) is 0 Å². The van der Waals surface area contributed by atoms with Crippen LogP contribution in [0.4, 0.5) is 0 Å². The Kier molecular flexibility index (Phi) is 2.34. The summed E-state index contributed by atoms with van der Waals surface area (Å²) in [5, 5.41) is 0. The molecule has 0 unspecified atom stereocenters. The number of fused-ring (bicyclic) bond motifs is 3. The molecule has 0 aliphatic carbocycles. The minimum atomic E-state index is 1.35. The van der Waals surface area contributed by atoms with Crippen LogP contribution < -0.4 is 0 Å². The van der Waals surface area contributed by atoms with Crippen LogP contribution in [0.25, 0.3) is 10.4 Å². The van der Waals surface area contributed by atoms with Gasteiger partial charge in [-0.05, 0) is 31.5 Å². The van der Waals surface area contributed by atoms with Crippen molar-refractivity contribution in [2.45, 2.75) is 23.6 Å². The predicted octanol–water partition coefficient (Wildman–Crippen LogP) is 5.14. The molecule has 0 saturated heterocycles. The summed E-state index contributed by atoms with van der Waals surface area (Å²) >= 11 is 1.90. The van der Waals surface area contributed by atoms with Crippen molar-refractivity contribution in [1.82, 2.24) is 0 Å². The van der Waals surface area contributed by atoms with Crippen molar-refractivity contribution < 1.29 is 0 Å². The van der Waals surface area contributed by atoms with Gasteiger partial charge in [0, 0.05) is 20.2 Å². The van der Waals surface area contributed by atoms with E-state index in [4.69, 9.17) is 0 Å². The molecule has 0 bridgehead atoms. The lowest BCUT2D eigenvalue weighted by Gasteiger charge is -2.14. The lowest BCUT2D eigenvalue weighted by atomic mass is 10.1. The average molecular weight is 250 g/mol. The average Bonchev–Trinajstić information content (AvgIpc) is 2.58. The highest BCUT2D eigenvalue weighted by Gasteiger charge is 2.19. The molecule has 0 nitrogen and oxygen atoms in total. The molecule has 3 heteroatoms. The lowest BCUT2D eigenvalue weighted by molar-refractivity contribution is 1.35. The molecule has 0 fully saturated rings. The minimum Gasteiger partial charge on any atom is -0.139 e. The highest BCUT2D eigenvalue weighted by molar-refractivity contribution is 8.76. The molecule has 0 atom stereocenters. The first kappa shape index (κ1) is 9.82. The molecule has 0 saturated carbocycles. The maximum absolute atomic E-state index is 2.29. The SMILES string of the molecule is Cc1ccc2c(c1)SSc1cc(C)sc1-2. The number of hydrogen-bond donors (Lipinski definition) is 0. The molecule has 0 amide bonds. The molecule has 3 rings (SSSR count). The van der Waals surface area contributed by atoms with Crippen LogP contribution in [-0.4, -0.2) is 0 Å². The molecular formula is C12H10S3. The monoisotopic (exact) mass is 250 g/mol. The van der Waals surface area contributed by atoms with Gasteiger partial charge in [-0.3, -0.25) is 0 Å². The third kappa shape index (κ3) is 1.63. The smallest absolute Gasteiger partial charge is 0.0501 e. The fourth-order valence-electron chi connectivity index (χ4n) is 1.72. The molecule has 1 aliphatic rings. The van der Waals surface area contributed by atoms with Gasteiger partial charge in [-0.1, -0.05) is 33.7 Å². The fraction of sp³-hybridized carbons (Fsp3) is 0.167. The first-order valence-corrected chi connectivity index (χ1v) is 7.76. The first-order valence-electron chi connectivity index (χ1n) is 4.80. The molecule has 2 heterocycles. The number of thiophene rings is 1. The van der Waals surface area contributed by atoms with E-state index in [0.29, 0.717) is 0 Å². The highest BCUT2D eigenvalue weighted by atomic mass is 33.1. The van der Waals surface area contributed by atoms with Crippen LogP contribution >= 0.6 is 32.9 Å². The highest BCUT2D eigenvalue weighted by Crippen LogP contribution is 2.54. The van der Waals surface area contributed by atoms with Gasteiger partial charge in [0.15, 0.2) is 0 Å². The third-order valence-electron chi connectivity index (χ3n) is 2.42. The summed E-state index contributed by atoms with van der Waals surface area (Å²) in [4.78, 5) is 5.70. The van der Waals surface area contributed by atoms with Gasteiger partial charge < -0.3 is 0 Å². The van der Waals surface area contributed by atoms with Crippen molar-refractivity contribution in [2.75, 3.05) is 0 Å². The van der Waals surface area contributed by atoms with Crippen LogP contribution in [-0.2, 0) is 0 Å². The quantitative estimate of drug-likeness (QED) is 0.593. The summed E-state index contributed by atoms with van der Waals surface area (Å²) in [5.41, 5.74) is 2.76. The molecule has 1 aromatic carbocycles. The van der Waals surface area contributed by atoms with E-state index >= 15 is 0 Å². The zero-order chi connectivity index (χ0) is 10.4. The van der Waals surface area contributed by atoms with Gasteiger partial charge in [0.25, 0.3) is 0 Å². The summed E-state index contributed by atoms with van der Waals surface area (Å²) in [6, 6.07) is 9.03. The molecule has 15 heavy (non-hydrogen) atoms. The van der Waals surface area contributed by atoms with E-state index in [1.54, 1.807) is 0 Å². The van der Waals surface area contributed by atoms with Crippen molar-refractivity contribution in [2.24, 2.45) is 0 Å². The van der Waals surface area contributed by atoms with Gasteiger partial charge in [-0.25, -0.2) is 0 Å². The van der Waals surface area contributed by atoms with Gasteiger partial charge >= 0.3 is 0 Å². The molecule has 1 aromatic heterocycles. The Morgan fingerprint density at radius 1 is 0.933 bits per heavy atom. The van der Waals surface area contributed by atoms with E-state index in [9.17, 15) is 0 Å². The standard InChI is InChI=1S/C12H10S3/c1-7-3-4-9-10(5-7)14-15-11-6-8(2)13-12(9)11/h3-6H,1-2H3. The van der Waals surface area contributed by atoms with Crippen LogP contribution in [0.2, 0.25) is 0 Å². The topological polar surface area (TPSA) is 0 Å². The van der Waals surface area contributed by atoms with Crippen molar-refractivity contribution >= 4 is 32.9 Å². The Hall–Kier alpha value is -0.380. The number of aryl methyl sites for hydroxylation is 2. The zero-order valence-electron chi connectivity index (χ0n) is 8.53. The van der Waals surface area contributed by atoms with E-state index in [1.807, 2.05) is 32.9 Å². The van der Waals surface area contributed by atoms with Gasteiger partial charge in [0.2, 0.25) is 0 Å². The Balaban J connectivity index is 2.25. The maximum atomic E-state index is 2.29. The van der Waals surface area contributed by atoms with Crippen molar-refractivity contribution in [3.63, 3.8) is 0 Å². The fourth-order valence-corrected chi connectivity index (χ4v) is 5.64. The summed E-state index contributed by atoms with van der Waals surface area (Å²) in [6.45, 7) is 4.34. The molecule has 0 N–H and O–H groups in total. The Bertz CT molecular complexity index is 526. The van der Waals surface area contributed by atoms with Crippen LogP contribution in [0.1, 0.15) is 10.4 Å². The predicted molar refractivity (Wildman–Crippen MR) is 70.9 cm³/mol. The second-order valence-corrected chi connectivity index (χ2v) is 7.19. The Morgan fingerprint density at radius 3 is 2.60 bits per heavy atom. The van der Waals surface area contributed by atoms with Gasteiger partial charge in [0.05, 0.1) is 4.88 Å². The molecule has 2 aromatic rings. The molecule has 0 radical (unpaired) electrons. The number of benzene rings is 1. The Morgan fingerprint density at radius 2 is 1.73 bits per heavy atom. The lowest BCUT2D eigenvalue weighted by Crippen LogP contribution is -1.85. The largest absolute Gasteiger partial charge is 0.139 e. The Labute approximate surface area is 101 Å². The summed E-state index contributed by atoms with van der Waals surface area (Å²) in [6.07, 6.45) is 0. The molecular weight excluding hydrogens is 240 g/mol. The maximum Gasteiger partial charge on any atom is 0.0501 e. The molecule has 0 spiro atoms. The van der Waals surface area contributed by atoms with Crippen molar-refractivity contribution in [3.05, 3.63) is 34.7 Å². The second kappa shape index (κ2) is 3.58. The van der Waals surface area contributed by atoms with E-state index in [-0.39, 0.29) is 0 Å². The summed E-state index contributed by atoms with van der Waals surface area (Å²) in [7, 11) is 3.77. The van der Waals surface area contributed by atoms with Gasteiger partial charge in [-0.15, -0.1) is 11.3 Å². The van der Waals surface area contributed by atoms with Gasteiger partial charge in [-0.2, -0.15) is 0 Å². The molecule has 1 aliphatic heterocycles. The summed E-state index contributed by atoms with van der Waals surface area (Å²) < 4.78 is 0.